The molecule has 1 aromatic heterocycles. The van der Waals surface area contributed by atoms with Gasteiger partial charge in [-0.2, -0.15) is 0 Å². The normalized spacial score (nSPS) is 19.7. The summed E-state index contributed by atoms with van der Waals surface area (Å²) in [5, 5.41) is 23.2. The van der Waals surface area contributed by atoms with Crippen LogP contribution in [0.2, 0.25) is 0 Å². The number of amides is 1. The van der Waals surface area contributed by atoms with Crippen molar-refractivity contribution in [1.82, 2.24) is 14.4 Å². The summed E-state index contributed by atoms with van der Waals surface area (Å²) in [6.07, 6.45) is 4.86. The number of aliphatic carboxylic acids is 1. The molecule has 2 aliphatic rings. The van der Waals surface area contributed by atoms with Crippen LogP contribution in [0.1, 0.15) is 44.1 Å². The van der Waals surface area contributed by atoms with E-state index in [2.05, 4.69) is 6.92 Å². The molecule has 11 heteroatoms. The smallest absolute Gasteiger partial charge is 0.308 e. The summed E-state index contributed by atoms with van der Waals surface area (Å²) in [7, 11) is 1.54. The van der Waals surface area contributed by atoms with Crippen LogP contribution in [0.4, 0.5) is 0 Å². The van der Waals surface area contributed by atoms with Gasteiger partial charge in [-0.05, 0) is 49.6 Å². The molecule has 0 aliphatic carbocycles. The highest BCUT2D eigenvalue weighted by Gasteiger charge is 2.47. The van der Waals surface area contributed by atoms with Crippen molar-refractivity contribution in [3.05, 3.63) is 48.2 Å². The minimum Gasteiger partial charge on any atom is -0.494 e. The zero-order valence-electron chi connectivity index (χ0n) is 24.9. The van der Waals surface area contributed by atoms with Crippen LogP contribution in [0.5, 0.6) is 23.1 Å². The highest BCUT2D eigenvalue weighted by Crippen LogP contribution is 2.47. The second-order valence-electron chi connectivity index (χ2n) is 11.3. The van der Waals surface area contributed by atoms with Crippen molar-refractivity contribution in [2.75, 3.05) is 46.6 Å². The van der Waals surface area contributed by atoms with Gasteiger partial charge in [-0.1, -0.05) is 31.5 Å². The molecule has 3 heterocycles. The van der Waals surface area contributed by atoms with Crippen LogP contribution < -0.4 is 19.9 Å². The van der Waals surface area contributed by atoms with Crippen LogP contribution in [0.25, 0.3) is 10.8 Å². The number of rotatable bonds is 14. The lowest BCUT2D eigenvalue weighted by Crippen LogP contribution is -2.45. The van der Waals surface area contributed by atoms with Crippen LogP contribution in [-0.2, 0) is 16.1 Å². The molecule has 5 rings (SSSR count). The van der Waals surface area contributed by atoms with E-state index in [1.165, 1.54) is 7.11 Å². The molecule has 1 unspecified atom stereocenters. The lowest BCUT2D eigenvalue weighted by atomic mass is 9.84. The topological polar surface area (TPSA) is 140 Å². The maximum Gasteiger partial charge on any atom is 0.308 e. The fraction of sp³-hybridized carbons (Fsp3) is 0.500. The third-order valence-corrected chi connectivity index (χ3v) is 8.68. The number of carboxylic acids is 1. The lowest BCUT2D eigenvalue weighted by Gasteiger charge is -2.30. The molecule has 1 amide bonds. The first-order valence-corrected chi connectivity index (χ1v) is 15.0. The fourth-order valence-electron chi connectivity index (χ4n) is 6.46. The molecule has 4 N–H and O–H groups in total. The number of ether oxygens (including phenoxy) is 3. The van der Waals surface area contributed by atoms with E-state index >= 15 is 0 Å². The molecule has 0 bridgehead atoms. The van der Waals surface area contributed by atoms with Crippen LogP contribution in [-0.4, -0.2) is 89.1 Å². The first-order chi connectivity index (χ1) is 20.9. The molecular weight excluding hydrogens is 552 g/mol. The summed E-state index contributed by atoms with van der Waals surface area (Å²) in [5.41, 5.74) is 6.52. The second-order valence-corrected chi connectivity index (χ2v) is 11.3. The van der Waals surface area contributed by atoms with E-state index in [4.69, 9.17) is 19.9 Å². The average Bonchev–Trinajstić information content (AvgIpc) is 3.71. The zero-order valence-corrected chi connectivity index (χ0v) is 24.9. The molecular formula is C32H42N4O7. The third-order valence-electron chi connectivity index (χ3n) is 8.68. The molecule has 1 saturated heterocycles. The summed E-state index contributed by atoms with van der Waals surface area (Å²) >= 11 is 0. The Morgan fingerprint density at radius 3 is 2.67 bits per heavy atom. The Labute approximate surface area is 251 Å². The number of aryl methyl sites for hydroxylation is 1. The number of fused-ring (bicyclic) bond motifs is 2. The predicted molar refractivity (Wildman–Crippen MR) is 162 cm³/mol. The number of hydrogen-bond donors (Lipinski definition) is 3. The molecule has 1 fully saturated rings. The first-order valence-electron chi connectivity index (χ1n) is 15.0. The number of likely N-dealkylation sites (tertiary alicyclic amines) is 1. The Balaban J connectivity index is 1.46. The van der Waals surface area contributed by atoms with Crippen molar-refractivity contribution < 1.29 is 34.0 Å². The number of carboxylic acid groups (broad SMARTS) is 1. The lowest BCUT2D eigenvalue weighted by molar-refractivity contribution is -0.144. The van der Waals surface area contributed by atoms with Crippen molar-refractivity contribution in [3.8, 4) is 23.1 Å². The van der Waals surface area contributed by atoms with Gasteiger partial charge in [0.15, 0.2) is 17.4 Å². The van der Waals surface area contributed by atoms with E-state index in [0.717, 1.165) is 29.2 Å². The summed E-state index contributed by atoms with van der Waals surface area (Å²) in [6.45, 7) is 4.72. The van der Waals surface area contributed by atoms with Gasteiger partial charge in [0.05, 0.1) is 19.6 Å². The standard InChI is InChI=1S/C32H42N4O7/c1-3-4-12-34(13-7-11-33)28(37)19-36-18-24(22-15-26(41-2)30-27(16-22)42-20-43-30)29(32(39)40)25(36)10-14-35-17-21-8-5-6-9-23(21)31(35)38/h5-6,8-9,15-17,24-25,29,38H,3-4,7,10-14,18-20,33H2,1-2H3,(H,39,40)/t24-,25+,29?/m1/s1. The van der Waals surface area contributed by atoms with Crippen molar-refractivity contribution in [2.24, 2.45) is 11.7 Å². The molecule has 0 spiro atoms. The van der Waals surface area contributed by atoms with Gasteiger partial charge in [0.2, 0.25) is 18.4 Å². The Kier molecular flexibility index (Phi) is 9.62. The van der Waals surface area contributed by atoms with Crippen LogP contribution in [0.15, 0.2) is 42.6 Å². The van der Waals surface area contributed by atoms with Gasteiger partial charge in [0.1, 0.15) is 0 Å². The van der Waals surface area contributed by atoms with Crippen molar-refractivity contribution in [1.29, 1.82) is 0 Å². The van der Waals surface area contributed by atoms with Gasteiger partial charge < -0.3 is 39.6 Å². The van der Waals surface area contributed by atoms with Gasteiger partial charge in [0.25, 0.3) is 0 Å². The predicted octanol–water partition coefficient (Wildman–Crippen LogP) is 3.62. The fourth-order valence-corrected chi connectivity index (χ4v) is 6.46. The van der Waals surface area contributed by atoms with E-state index in [-0.39, 0.29) is 25.1 Å². The molecule has 2 aliphatic heterocycles. The largest absolute Gasteiger partial charge is 0.494 e. The molecule has 0 radical (unpaired) electrons. The zero-order chi connectivity index (χ0) is 30.5. The number of nitrogens with zero attached hydrogens (tertiary/aromatic N) is 3. The monoisotopic (exact) mass is 594 g/mol. The van der Waals surface area contributed by atoms with Gasteiger partial charge in [-0.15, -0.1) is 0 Å². The Morgan fingerprint density at radius 1 is 1.16 bits per heavy atom. The second kappa shape index (κ2) is 13.6. The van der Waals surface area contributed by atoms with Crippen molar-refractivity contribution in [3.63, 3.8) is 0 Å². The Hall–Kier alpha value is -3.96. The van der Waals surface area contributed by atoms with Gasteiger partial charge in [-0.3, -0.25) is 14.5 Å². The van der Waals surface area contributed by atoms with Gasteiger partial charge in [-0.25, -0.2) is 0 Å². The van der Waals surface area contributed by atoms with Crippen molar-refractivity contribution in [2.45, 2.75) is 51.1 Å². The van der Waals surface area contributed by atoms with Crippen LogP contribution in [0, 0.1) is 5.92 Å². The van der Waals surface area contributed by atoms with Crippen molar-refractivity contribution >= 4 is 22.6 Å². The number of carbonyl (C=O) groups excluding carboxylic acids is 1. The average molecular weight is 595 g/mol. The Bertz CT molecular complexity index is 1430. The number of nitrogens with two attached hydrogens (primary N) is 1. The summed E-state index contributed by atoms with van der Waals surface area (Å²) in [4.78, 5) is 30.5. The SMILES string of the molecule is CCCCN(CCCN)C(=O)CN1C[C@H](c2cc(OC)c3c(c2)OCO3)C(C(=O)O)[C@@H]1CCn1cc2ccccc2c1O. The number of aromatic hydroxyl groups is 1. The van der Waals surface area contributed by atoms with Gasteiger partial charge >= 0.3 is 5.97 Å². The number of methoxy groups -OCH3 is 1. The minimum atomic E-state index is -0.936. The van der Waals surface area contributed by atoms with E-state index in [1.807, 2.05) is 52.4 Å². The summed E-state index contributed by atoms with van der Waals surface area (Å²) in [6, 6.07) is 10.8. The van der Waals surface area contributed by atoms with Crippen LogP contribution in [0.3, 0.4) is 0 Å². The number of aromatic nitrogens is 1. The number of unbranched alkanes of at least 4 members (excludes halogenated alkanes) is 1. The highest BCUT2D eigenvalue weighted by atomic mass is 16.7. The third kappa shape index (κ3) is 6.37. The molecule has 11 nitrogen and oxygen atoms in total. The number of hydrogen-bond acceptors (Lipinski definition) is 8. The maximum absolute atomic E-state index is 13.7. The summed E-state index contributed by atoms with van der Waals surface area (Å²) in [5.74, 6) is -0.557. The van der Waals surface area contributed by atoms with Crippen LogP contribution >= 0.6 is 0 Å². The van der Waals surface area contributed by atoms with E-state index in [0.29, 0.717) is 62.8 Å². The molecule has 3 aromatic rings. The summed E-state index contributed by atoms with van der Waals surface area (Å²) < 4.78 is 18.5. The van der Waals surface area contributed by atoms with E-state index in [1.54, 1.807) is 4.57 Å². The molecule has 232 valence electrons. The first kappa shape index (κ1) is 30.5. The Morgan fingerprint density at radius 2 is 1.95 bits per heavy atom. The van der Waals surface area contributed by atoms with E-state index in [9.17, 15) is 19.8 Å². The maximum atomic E-state index is 13.7. The molecule has 2 aromatic carbocycles. The molecule has 0 saturated carbocycles. The van der Waals surface area contributed by atoms with Gasteiger partial charge in [0, 0.05) is 55.1 Å². The minimum absolute atomic E-state index is 0.0329. The highest BCUT2D eigenvalue weighted by molar-refractivity contribution is 5.87. The number of benzene rings is 2. The van der Waals surface area contributed by atoms with E-state index < -0.39 is 23.8 Å². The molecule has 3 atom stereocenters. The number of carbonyl (C=O) groups is 2. The molecule has 43 heavy (non-hydrogen) atoms. The quantitative estimate of drug-likeness (QED) is 0.255.